The maximum atomic E-state index is 12.2. The van der Waals surface area contributed by atoms with Gasteiger partial charge in [-0.25, -0.2) is 13.6 Å². The van der Waals surface area contributed by atoms with Crippen LogP contribution in [0.4, 0.5) is 5.69 Å². The third-order valence-corrected chi connectivity index (χ3v) is 4.68. The molecule has 0 aliphatic rings. The minimum atomic E-state index is -3.75. The van der Waals surface area contributed by atoms with Gasteiger partial charge in [-0.15, -0.1) is 0 Å². The Bertz CT molecular complexity index is 1010. The van der Waals surface area contributed by atoms with Gasteiger partial charge in [0, 0.05) is 22.4 Å². The normalized spacial score (nSPS) is 11.6. The second-order valence-electron chi connectivity index (χ2n) is 5.26. The molecule has 0 bridgehead atoms. The molecule has 0 aliphatic heterocycles. The van der Waals surface area contributed by atoms with Gasteiger partial charge in [0.05, 0.1) is 4.90 Å². The zero-order valence-electron chi connectivity index (χ0n) is 12.4. The molecule has 0 atom stereocenters. The fraction of sp³-hybridized carbons (Fsp3) is 0.0625. The quantitative estimate of drug-likeness (QED) is 0.745. The van der Waals surface area contributed by atoms with Gasteiger partial charge in [-0.2, -0.15) is 0 Å². The minimum absolute atomic E-state index is 0.00783. The van der Waals surface area contributed by atoms with E-state index in [-0.39, 0.29) is 17.3 Å². The number of anilines is 1. The van der Waals surface area contributed by atoms with E-state index in [0.29, 0.717) is 10.7 Å². The average Bonchev–Trinajstić information content (AvgIpc) is 2.89. The lowest BCUT2D eigenvalue weighted by Gasteiger charge is -2.08. The smallest absolute Gasteiger partial charge is 0.244 e. The summed E-state index contributed by atoms with van der Waals surface area (Å²) in [5.41, 5.74) is 1.35. The van der Waals surface area contributed by atoms with Crippen LogP contribution in [0.1, 0.15) is 0 Å². The molecule has 8 heteroatoms. The van der Waals surface area contributed by atoms with E-state index in [2.05, 4.69) is 5.32 Å². The van der Waals surface area contributed by atoms with Gasteiger partial charge in [0.15, 0.2) is 0 Å². The van der Waals surface area contributed by atoms with E-state index in [4.69, 9.17) is 16.7 Å². The highest BCUT2D eigenvalue weighted by atomic mass is 35.5. The van der Waals surface area contributed by atoms with E-state index >= 15 is 0 Å². The van der Waals surface area contributed by atoms with Crippen molar-refractivity contribution in [3.05, 3.63) is 59.8 Å². The standard InChI is InChI=1S/C16H14ClN3O3S/c17-12-2-1-11-7-8-20(15(11)9-12)10-16(21)19-13-3-5-14(6-4-13)24(18,22)23/h1-9H,10H2,(H,19,21)(H2,18,22,23). The van der Waals surface area contributed by atoms with E-state index in [1.54, 1.807) is 16.7 Å². The van der Waals surface area contributed by atoms with Gasteiger partial charge in [0.25, 0.3) is 0 Å². The molecular weight excluding hydrogens is 350 g/mol. The van der Waals surface area contributed by atoms with Crippen molar-refractivity contribution in [1.82, 2.24) is 4.57 Å². The van der Waals surface area contributed by atoms with Crippen molar-refractivity contribution >= 4 is 44.1 Å². The molecule has 24 heavy (non-hydrogen) atoms. The third kappa shape index (κ3) is 3.59. The van der Waals surface area contributed by atoms with E-state index < -0.39 is 10.0 Å². The lowest BCUT2D eigenvalue weighted by molar-refractivity contribution is -0.116. The van der Waals surface area contributed by atoms with Crippen molar-refractivity contribution in [3.8, 4) is 0 Å². The Hall–Kier alpha value is -2.35. The molecule has 1 aromatic heterocycles. The summed E-state index contributed by atoms with van der Waals surface area (Å²) >= 11 is 5.99. The fourth-order valence-electron chi connectivity index (χ4n) is 2.38. The summed E-state index contributed by atoms with van der Waals surface area (Å²) in [4.78, 5) is 12.2. The third-order valence-electron chi connectivity index (χ3n) is 3.52. The summed E-state index contributed by atoms with van der Waals surface area (Å²) in [7, 11) is -3.75. The van der Waals surface area contributed by atoms with Gasteiger partial charge in [-0.1, -0.05) is 17.7 Å². The SMILES string of the molecule is NS(=O)(=O)c1ccc(NC(=O)Cn2ccc3ccc(Cl)cc32)cc1. The van der Waals surface area contributed by atoms with Gasteiger partial charge in [0.1, 0.15) is 6.54 Å². The number of aromatic nitrogens is 1. The first kappa shape index (κ1) is 16.5. The topological polar surface area (TPSA) is 94.2 Å². The van der Waals surface area contributed by atoms with E-state index in [0.717, 1.165) is 10.9 Å². The maximum Gasteiger partial charge on any atom is 0.244 e. The van der Waals surface area contributed by atoms with Crippen molar-refractivity contribution in [3.63, 3.8) is 0 Å². The molecule has 0 saturated heterocycles. The molecule has 6 nitrogen and oxygen atoms in total. The Balaban J connectivity index is 1.74. The largest absolute Gasteiger partial charge is 0.338 e. The molecule has 0 saturated carbocycles. The summed E-state index contributed by atoms with van der Waals surface area (Å²) in [6.45, 7) is 0.112. The monoisotopic (exact) mass is 363 g/mol. The predicted molar refractivity (Wildman–Crippen MR) is 93.4 cm³/mol. The van der Waals surface area contributed by atoms with Crippen LogP contribution in [0.3, 0.4) is 0 Å². The highest BCUT2D eigenvalue weighted by Gasteiger charge is 2.09. The Morgan fingerprint density at radius 1 is 1.12 bits per heavy atom. The van der Waals surface area contributed by atoms with Gasteiger partial charge >= 0.3 is 0 Å². The number of nitrogens with two attached hydrogens (primary N) is 1. The van der Waals surface area contributed by atoms with Crippen molar-refractivity contribution in [2.75, 3.05) is 5.32 Å². The van der Waals surface area contributed by atoms with Crippen LogP contribution in [0.5, 0.6) is 0 Å². The maximum absolute atomic E-state index is 12.2. The van der Waals surface area contributed by atoms with Crippen molar-refractivity contribution < 1.29 is 13.2 Å². The first-order chi connectivity index (χ1) is 11.3. The molecule has 1 heterocycles. The fourth-order valence-corrected chi connectivity index (χ4v) is 3.06. The summed E-state index contributed by atoms with van der Waals surface area (Å²) in [5.74, 6) is -0.240. The minimum Gasteiger partial charge on any atom is -0.338 e. The molecule has 1 amide bonds. The van der Waals surface area contributed by atoms with Crippen LogP contribution in [0.25, 0.3) is 10.9 Å². The number of halogens is 1. The number of benzene rings is 2. The molecular formula is C16H14ClN3O3S. The zero-order chi connectivity index (χ0) is 17.3. The van der Waals surface area contributed by atoms with Gasteiger partial charge < -0.3 is 9.88 Å². The number of nitrogens with zero attached hydrogens (tertiary/aromatic N) is 1. The Labute approximate surface area is 143 Å². The highest BCUT2D eigenvalue weighted by molar-refractivity contribution is 7.89. The summed E-state index contributed by atoms with van der Waals surface area (Å²) in [6.07, 6.45) is 1.81. The number of primary sulfonamides is 1. The molecule has 124 valence electrons. The zero-order valence-corrected chi connectivity index (χ0v) is 14.0. The van der Waals surface area contributed by atoms with E-state index in [9.17, 15) is 13.2 Å². The van der Waals surface area contributed by atoms with Crippen molar-refractivity contribution in [2.24, 2.45) is 5.14 Å². The number of fused-ring (bicyclic) bond motifs is 1. The summed E-state index contributed by atoms with van der Waals surface area (Å²) in [5, 5.41) is 9.33. The van der Waals surface area contributed by atoms with E-state index in [1.807, 2.05) is 18.3 Å². The Kier molecular flexibility index (Phi) is 4.31. The second-order valence-corrected chi connectivity index (χ2v) is 7.26. The van der Waals surface area contributed by atoms with Gasteiger partial charge in [-0.05, 0) is 47.9 Å². The molecule has 0 fully saturated rings. The van der Waals surface area contributed by atoms with Gasteiger partial charge in [0.2, 0.25) is 15.9 Å². The van der Waals surface area contributed by atoms with Gasteiger partial charge in [-0.3, -0.25) is 4.79 Å². The van der Waals surface area contributed by atoms with Crippen LogP contribution in [-0.2, 0) is 21.4 Å². The van der Waals surface area contributed by atoms with Crippen LogP contribution in [0.15, 0.2) is 59.6 Å². The first-order valence-electron chi connectivity index (χ1n) is 7.00. The van der Waals surface area contributed by atoms with E-state index in [1.165, 1.54) is 24.3 Å². The highest BCUT2D eigenvalue weighted by Crippen LogP contribution is 2.20. The lowest BCUT2D eigenvalue weighted by Crippen LogP contribution is -2.18. The van der Waals surface area contributed by atoms with Crippen LogP contribution >= 0.6 is 11.6 Å². The van der Waals surface area contributed by atoms with Crippen LogP contribution in [0, 0.1) is 0 Å². The number of hydrogen-bond donors (Lipinski definition) is 2. The van der Waals surface area contributed by atoms with Crippen LogP contribution < -0.4 is 10.5 Å². The second kappa shape index (κ2) is 6.27. The summed E-state index contributed by atoms with van der Waals surface area (Å²) < 4.78 is 24.2. The molecule has 0 aliphatic carbocycles. The molecule has 0 radical (unpaired) electrons. The van der Waals surface area contributed by atoms with Crippen molar-refractivity contribution in [2.45, 2.75) is 11.4 Å². The number of rotatable bonds is 4. The molecule has 0 unspecified atom stereocenters. The average molecular weight is 364 g/mol. The number of carbonyl (C=O) groups is 1. The molecule has 0 spiro atoms. The number of nitrogens with one attached hydrogen (secondary N) is 1. The molecule has 2 aromatic carbocycles. The Morgan fingerprint density at radius 3 is 2.50 bits per heavy atom. The number of amides is 1. The predicted octanol–water partition coefficient (Wildman–Crippen LogP) is 2.58. The van der Waals surface area contributed by atoms with Crippen LogP contribution in [0.2, 0.25) is 5.02 Å². The molecule has 3 aromatic rings. The van der Waals surface area contributed by atoms with Crippen LogP contribution in [-0.4, -0.2) is 18.9 Å². The number of carbonyl (C=O) groups excluding carboxylic acids is 1. The number of hydrogen-bond acceptors (Lipinski definition) is 3. The number of sulfonamides is 1. The first-order valence-corrected chi connectivity index (χ1v) is 8.92. The summed E-state index contributed by atoms with van der Waals surface area (Å²) in [6, 6.07) is 13.0. The molecule has 3 N–H and O–H groups in total. The lowest BCUT2D eigenvalue weighted by atomic mass is 10.2. The van der Waals surface area contributed by atoms with Crippen molar-refractivity contribution in [1.29, 1.82) is 0 Å². The molecule has 3 rings (SSSR count). The Morgan fingerprint density at radius 2 is 1.83 bits per heavy atom.